The van der Waals surface area contributed by atoms with Gasteiger partial charge in [-0.1, -0.05) is 0 Å². The first kappa shape index (κ1) is 14.9. The van der Waals surface area contributed by atoms with Gasteiger partial charge in [0.1, 0.15) is 11.5 Å². The molecule has 0 spiro atoms. The van der Waals surface area contributed by atoms with E-state index in [0.29, 0.717) is 0 Å². The minimum Gasteiger partial charge on any atom is -0.464 e. The number of aryl methyl sites for hydroxylation is 1. The fraction of sp³-hybridized carbons (Fsp3) is 0.667. The highest BCUT2D eigenvalue weighted by Gasteiger charge is 2.13. The Balaban J connectivity index is 1.74. The fourth-order valence-corrected chi connectivity index (χ4v) is 2.50. The summed E-state index contributed by atoms with van der Waals surface area (Å²) in [4.78, 5) is 6.74. The lowest BCUT2D eigenvalue weighted by Gasteiger charge is -2.19. The summed E-state index contributed by atoms with van der Waals surface area (Å²) in [7, 11) is 1.80. The molecule has 20 heavy (non-hydrogen) atoms. The first-order valence-electron chi connectivity index (χ1n) is 7.45. The van der Waals surface area contributed by atoms with Gasteiger partial charge in [-0.2, -0.15) is 0 Å². The largest absolute Gasteiger partial charge is 0.464 e. The van der Waals surface area contributed by atoms with Gasteiger partial charge < -0.3 is 20.0 Å². The number of hydrogen-bond donors (Lipinski definition) is 2. The zero-order chi connectivity index (χ0) is 14.4. The van der Waals surface area contributed by atoms with Gasteiger partial charge >= 0.3 is 0 Å². The average Bonchev–Trinajstić information content (AvgIpc) is 3.08. The summed E-state index contributed by atoms with van der Waals surface area (Å²) in [6.07, 6.45) is 2.67. The van der Waals surface area contributed by atoms with E-state index in [4.69, 9.17) is 4.42 Å². The van der Waals surface area contributed by atoms with Crippen molar-refractivity contribution in [1.29, 1.82) is 0 Å². The zero-order valence-corrected chi connectivity index (χ0v) is 12.8. The molecule has 5 heteroatoms. The molecule has 1 atom stereocenters. The van der Waals surface area contributed by atoms with E-state index in [-0.39, 0.29) is 6.04 Å². The van der Waals surface area contributed by atoms with Crippen LogP contribution in [0.2, 0.25) is 0 Å². The average molecular weight is 278 g/mol. The van der Waals surface area contributed by atoms with Gasteiger partial charge in [-0.3, -0.25) is 4.99 Å². The Morgan fingerprint density at radius 1 is 1.40 bits per heavy atom. The quantitative estimate of drug-likeness (QED) is 0.638. The second kappa shape index (κ2) is 7.33. The molecule has 1 fully saturated rings. The lowest BCUT2D eigenvalue weighted by molar-refractivity contribution is 0.343. The Kier molecular flexibility index (Phi) is 5.47. The van der Waals surface area contributed by atoms with Crippen molar-refractivity contribution in [3.05, 3.63) is 23.7 Å². The van der Waals surface area contributed by atoms with Crippen LogP contribution in [0.15, 0.2) is 21.5 Å². The van der Waals surface area contributed by atoms with Crippen LogP contribution in [0.25, 0.3) is 0 Å². The molecule has 0 bridgehead atoms. The summed E-state index contributed by atoms with van der Waals surface area (Å²) in [5, 5.41) is 6.71. The highest BCUT2D eigenvalue weighted by molar-refractivity contribution is 5.79. The van der Waals surface area contributed by atoms with Crippen molar-refractivity contribution in [3.8, 4) is 0 Å². The number of likely N-dealkylation sites (tertiary alicyclic amines) is 1. The topological polar surface area (TPSA) is 52.8 Å². The Hall–Kier alpha value is -1.49. The molecule has 2 heterocycles. The number of guanidine groups is 1. The van der Waals surface area contributed by atoms with Gasteiger partial charge in [-0.15, -0.1) is 0 Å². The van der Waals surface area contributed by atoms with Gasteiger partial charge in [0.25, 0.3) is 0 Å². The molecule has 0 aromatic carbocycles. The molecule has 2 rings (SSSR count). The molecule has 1 aliphatic heterocycles. The minimum atomic E-state index is 0.113. The molecule has 2 N–H and O–H groups in total. The predicted octanol–water partition coefficient (Wildman–Crippen LogP) is 1.91. The molecule has 112 valence electrons. The molecular weight excluding hydrogens is 252 g/mol. The summed E-state index contributed by atoms with van der Waals surface area (Å²) in [6, 6.07) is 4.10. The van der Waals surface area contributed by atoms with E-state index in [1.165, 1.54) is 25.9 Å². The first-order valence-corrected chi connectivity index (χ1v) is 7.45. The van der Waals surface area contributed by atoms with Crippen molar-refractivity contribution in [2.24, 2.45) is 4.99 Å². The van der Waals surface area contributed by atoms with Gasteiger partial charge in [0.05, 0.1) is 6.04 Å². The van der Waals surface area contributed by atoms with E-state index < -0.39 is 0 Å². The summed E-state index contributed by atoms with van der Waals surface area (Å²) < 4.78 is 5.62. The summed E-state index contributed by atoms with van der Waals surface area (Å²) in [5.41, 5.74) is 0. The van der Waals surface area contributed by atoms with Crippen molar-refractivity contribution >= 4 is 5.96 Å². The van der Waals surface area contributed by atoms with E-state index in [1.54, 1.807) is 7.05 Å². The Bertz CT molecular complexity index is 435. The molecule has 5 nitrogen and oxygen atoms in total. The van der Waals surface area contributed by atoms with Crippen LogP contribution < -0.4 is 10.6 Å². The summed E-state index contributed by atoms with van der Waals surface area (Å²) in [6.45, 7) is 8.50. The highest BCUT2D eigenvalue weighted by Crippen LogP contribution is 2.15. The SMILES string of the molecule is CN=C(NCCN1CCCC1)N[C@@H](C)c1ccc(C)o1. The van der Waals surface area contributed by atoms with Gasteiger partial charge in [0.15, 0.2) is 5.96 Å². The smallest absolute Gasteiger partial charge is 0.191 e. The van der Waals surface area contributed by atoms with E-state index >= 15 is 0 Å². The molecule has 0 saturated carbocycles. The van der Waals surface area contributed by atoms with Crippen molar-refractivity contribution < 1.29 is 4.42 Å². The van der Waals surface area contributed by atoms with Gasteiger partial charge in [-0.25, -0.2) is 0 Å². The fourth-order valence-electron chi connectivity index (χ4n) is 2.50. The maximum Gasteiger partial charge on any atom is 0.191 e. The van der Waals surface area contributed by atoms with Crippen LogP contribution in [-0.2, 0) is 0 Å². The van der Waals surface area contributed by atoms with Crippen molar-refractivity contribution in [3.63, 3.8) is 0 Å². The minimum absolute atomic E-state index is 0.113. The molecule has 0 radical (unpaired) electrons. The summed E-state index contributed by atoms with van der Waals surface area (Å²) in [5.74, 6) is 2.70. The van der Waals surface area contributed by atoms with Crippen LogP contribution in [0.4, 0.5) is 0 Å². The second-order valence-electron chi connectivity index (χ2n) is 5.36. The molecule has 0 unspecified atom stereocenters. The van der Waals surface area contributed by atoms with E-state index in [9.17, 15) is 0 Å². The maximum atomic E-state index is 5.62. The Morgan fingerprint density at radius 3 is 2.75 bits per heavy atom. The zero-order valence-electron chi connectivity index (χ0n) is 12.8. The van der Waals surface area contributed by atoms with Gasteiger partial charge in [0, 0.05) is 20.1 Å². The number of furan rings is 1. The third kappa shape index (κ3) is 4.27. The number of nitrogens with one attached hydrogen (secondary N) is 2. The molecule has 1 saturated heterocycles. The van der Waals surface area contributed by atoms with Crippen molar-refractivity contribution in [1.82, 2.24) is 15.5 Å². The van der Waals surface area contributed by atoms with Crippen molar-refractivity contribution in [2.45, 2.75) is 32.7 Å². The third-order valence-corrected chi connectivity index (χ3v) is 3.68. The third-order valence-electron chi connectivity index (χ3n) is 3.68. The standard InChI is InChI=1S/C15H26N4O/c1-12-6-7-14(20-12)13(2)18-15(16-3)17-8-11-19-9-4-5-10-19/h6-7,13H,4-5,8-11H2,1-3H3,(H2,16,17,18)/t13-/m0/s1. The Labute approximate surface area is 121 Å². The van der Waals surface area contributed by atoms with Crippen LogP contribution in [0.1, 0.15) is 37.3 Å². The number of hydrogen-bond acceptors (Lipinski definition) is 3. The summed E-state index contributed by atoms with van der Waals surface area (Å²) >= 11 is 0. The molecule has 1 aromatic heterocycles. The highest BCUT2D eigenvalue weighted by atomic mass is 16.3. The van der Waals surface area contributed by atoms with Crippen LogP contribution in [-0.4, -0.2) is 44.1 Å². The van der Waals surface area contributed by atoms with Crippen LogP contribution in [0.5, 0.6) is 0 Å². The van der Waals surface area contributed by atoms with E-state index in [0.717, 1.165) is 30.6 Å². The normalized spacial score (nSPS) is 18.2. The van der Waals surface area contributed by atoms with Crippen LogP contribution in [0, 0.1) is 6.92 Å². The monoisotopic (exact) mass is 278 g/mol. The molecular formula is C15H26N4O. The van der Waals surface area contributed by atoms with Crippen LogP contribution in [0.3, 0.4) is 0 Å². The van der Waals surface area contributed by atoms with Gasteiger partial charge in [-0.05, 0) is 51.9 Å². The predicted molar refractivity (Wildman–Crippen MR) is 82.0 cm³/mol. The number of aliphatic imine (C=N–C) groups is 1. The lowest BCUT2D eigenvalue weighted by atomic mass is 10.2. The van der Waals surface area contributed by atoms with Gasteiger partial charge in [0.2, 0.25) is 0 Å². The maximum absolute atomic E-state index is 5.62. The molecule has 1 aliphatic rings. The first-order chi connectivity index (χ1) is 9.69. The van der Waals surface area contributed by atoms with E-state index in [1.807, 2.05) is 19.1 Å². The van der Waals surface area contributed by atoms with Crippen molar-refractivity contribution in [2.75, 3.05) is 33.2 Å². The van der Waals surface area contributed by atoms with E-state index in [2.05, 4.69) is 27.4 Å². The molecule has 0 aliphatic carbocycles. The molecule has 1 aromatic rings. The Morgan fingerprint density at radius 2 is 2.15 bits per heavy atom. The molecule has 0 amide bonds. The second-order valence-corrected chi connectivity index (χ2v) is 5.36. The number of nitrogens with zero attached hydrogens (tertiary/aromatic N) is 2. The number of rotatable bonds is 5. The lowest BCUT2D eigenvalue weighted by Crippen LogP contribution is -2.42. The van der Waals surface area contributed by atoms with Crippen LogP contribution >= 0.6 is 0 Å².